The Kier molecular flexibility index (Phi) is 7.20. The number of nitrogens with zero attached hydrogens (tertiary/aromatic N) is 4. The summed E-state index contributed by atoms with van der Waals surface area (Å²) in [6.45, 7) is 8.59. The summed E-state index contributed by atoms with van der Waals surface area (Å²) in [5.74, 6) is 0.488. The Morgan fingerprint density at radius 2 is 2.04 bits per heavy atom. The molecule has 1 aliphatic heterocycles. The summed E-state index contributed by atoms with van der Waals surface area (Å²) in [6.07, 6.45) is 7.85. The maximum atomic E-state index is 13.2. The molecule has 6 heteroatoms. The van der Waals surface area contributed by atoms with Crippen molar-refractivity contribution in [3.8, 4) is 0 Å². The van der Waals surface area contributed by atoms with Crippen LogP contribution >= 0.6 is 0 Å². The lowest BCUT2D eigenvalue weighted by Gasteiger charge is -2.34. The van der Waals surface area contributed by atoms with Crippen LogP contribution in [0.5, 0.6) is 0 Å². The van der Waals surface area contributed by atoms with Crippen molar-refractivity contribution in [2.45, 2.75) is 52.2 Å². The van der Waals surface area contributed by atoms with Crippen LogP contribution in [0.25, 0.3) is 0 Å². The molecule has 0 radical (unpaired) electrons. The third kappa shape index (κ3) is 5.64. The average molecular weight is 387 g/mol. The average Bonchev–Trinajstić information content (AvgIpc) is 3.09. The van der Waals surface area contributed by atoms with Gasteiger partial charge in [-0.25, -0.2) is 9.37 Å². The Bertz CT molecular complexity index is 730. The summed E-state index contributed by atoms with van der Waals surface area (Å²) in [5, 5.41) is 0. The summed E-state index contributed by atoms with van der Waals surface area (Å²) < 4.78 is 15.2. The van der Waals surface area contributed by atoms with Gasteiger partial charge in [0.15, 0.2) is 0 Å². The zero-order valence-corrected chi connectivity index (χ0v) is 16.9. The van der Waals surface area contributed by atoms with Gasteiger partial charge < -0.3 is 9.47 Å². The lowest BCUT2D eigenvalue weighted by molar-refractivity contribution is -0.131. The van der Waals surface area contributed by atoms with E-state index in [1.165, 1.54) is 12.1 Å². The summed E-state index contributed by atoms with van der Waals surface area (Å²) in [4.78, 5) is 21.3. The first-order valence-corrected chi connectivity index (χ1v) is 10.2. The molecule has 1 atom stereocenters. The van der Waals surface area contributed by atoms with Gasteiger partial charge in [-0.2, -0.15) is 0 Å². The molecule has 1 amide bonds. The molecule has 0 spiro atoms. The minimum absolute atomic E-state index is 0.201. The number of imidazole rings is 1. The zero-order chi connectivity index (χ0) is 19.9. The van der Waals surface area contributed by atoms with Crippen LogP contribution in [0.15, 0.2) is 43.0 Å². The van der Waals surface area contributed by atoms with E-state index in [2.05, 4.69) is 23.7 Å². The Balaban J connectivity index is 1.58. The van der Waals surface area contributed by atoms with E-state index in [0.717, 1.165) is 51.1 Å². The van der Waals surface area contributed by atoms with Crippen LogP contribution < -0.4 is 0 Å². The molecule has 0 bridgehead atoms. The predicted molar refractivity (Wildman–Crippen MR) is 108 cm³/mol. The molecule has 2 heterocycles. The summed E-state index contributed by atoms with van der Waals surface area (Å²) in [6, 6.07) is 7.07. The van der Waals surface area contributed by atoms with Gasteiger partial charge in [-0.3, -0.25) is 9.69 Å². The highest BCUT2D eigenvalue weighted by Crippen LogP contribution is 2.21. The molecule has 1 aromatic carbocycles. The van der Waals surface area contributed by atoms with Crippen LogP contribution in [-0.4, -0.2) is 50.9 Å². The second-order valence-corrected chi connectivity index (χ2v) is 8.01. The minimum Gasteiger partial charge on any atom is -0.341 e. The monoisotopic (exact) mass is 386 g/mol. The maximum absolute atomic E-state index is 13.2. The highest BCUT2D eigenvalue weighted by atomic mass is 19.1. The van der Waals surface area contributed by atoms with Crippen LogP contribution in [0.3, 0.4) is 0 Å². The Morgan fingerprint density at radius 3 is 2.71 bits per heavy atom. The van der Waals surface area contributed by atoms with E-state index in [1.807, 2.05) is 27.8 Å². The van der Waals surface area contributed by atoms with Crippen LogP contribution in [0, 0.1) is 11.7 Å². The van der Waals surface area contributed by atoms with Gasteiger partial charge in [-0.1, -0.05) is 26.0 Å². The summed E-state index contributed by atoms with van der Waals surface area (Å²) in [7, 11) is 0. The normalized spacial score (nSPS) is 18.4. The van der Waals surface area contributed by atoms with E-state index in [-0.39, 0.29) is 11.7 Å². The standard InChI is InChI=1S/C22H31FN4O/c1-18(2)21-16-27(22(28)5-3-11-25-14-10-24-17-25)13-4-12-26(21)15-19-6-8-20(23)9-7-19/h6-10,14,17-18,21H,3-5,11-13,15-16H2,1-2H3/t21-/m1/s1. The number of benzene rings is 1. The molecular weight excluding hydrogens is 355 g/mol. The largest absolute Gasteiger partial charge is 0.341 e. The Morgan fingerprint density at radius 1 is 1.25 bits per heavy atom. The van der Waals surface area contributed by atoms with Crippen molar-refractivity contribution in [3.05, 3.63) is 54.4 Å². The molecule has 28 heavy (non-hydrogen) atoms. The van der Waals surface area contributed by atoms with E-state index < -0.39 is 0 Å². The predicted octanol–water partition coefficient (Wildman–Crippen LogP) is 3.56. The van der Waals surface area contributed by atoms with Crippen LogP contribution in [0.4, 0.5) is 4.39 Å². The lowest BCUT2D eigenvalue weighted by atomic mass is 10.0. The fourth-order valence-electron chi connectivity index (χ4n) is 3.93. The molecule has 0 unspecified atom stereocenters. The molecule has 1 fully saturated rings. The summed E-state index contributed by atoms with van der Waals surface area (Å²) in [5.41, 5.74) is 1.12. The van der Waals surface area contributed by atoms with E-state index in [0.29, 0.717) is 18.4 Å². The summed E-state index contributed by atoms with van der Waals surface area (Å²) >= 11 is 0. The van der Waals surface area contributed by atoms with Gasteiger partial charge in [-0.15, -0.1) is 0 Å². The maximum Gasteiger partial charge on any atom is 0.222 e. The van der Waals surface area contributed by atoms with Crippen molar-refractivity contribution in [2.24, 2.45) is 5.92 Å². The zero-order valence-electron chi connectivity index (χ0n) is 16.9. The number of amides is 1. The van der Waals surface area contributed by atoms with Crippen molar-refractivity contribution in [1.29, 1.82) is 0 Å². The molecule has 152 valence electrons. The molecular formula is C22H31FN4O. The van der Waals surface area contributed by atoms with Crippen molar-refractivity contribution in [2.75, 3.05) is 19.6 Å². The van der Waals surface area contributed by atoms with Gasteiger partial charge in [0.05, 0.1) is 6.33 Å². The topological polar surface area (TPSA) is 41.4 Å². The molecule has 1 saturated heterocycles. The molecule has 3 rings (SSSR count). The van der Waals surface area contributed by atoms with Gasteiger partial charge in [0.2, 0.25) is 5.91 Å². The second-order valence-electron chi connectivity index (χ2n) is 8.01. The van der Waals surface area contributed by atoms with Crippen LogP contribution in [-0.2, 0) is 17.9 Å². The second kappa shape index (κ2) is 9.82. The molecule has 1 aromatic heterocycles. The molecule has 1 aliphatic rings. The first kappa shape index (κ1) is 20.5. The van der Waals surface area contributed by atoms with Crippen molar-refractivity contribution < 1.29 is 9.18 Å². The van der Waals surface area contributed by atoms with E-state index in [1.54, 1.807) is 12.5 Å². The van der Waals surface area contributed by atoms with Gasteiger partial charge in [0.25, 0.3) is 0 Å². The smallest absolute Gasteiger partial charge is 0.222 e. The first-order valence-electron chi connectivity index (χ1n) is 10.2. The third-order valence-corrected chi connectivity index (χ3v) is 5.54. The van der Waals surface area contributed by atoms with Crippen molar-refractivity contribution in [1.82, 2.24) is 19.4 Å². The van der Waals surface area contributed by atoms with Crippen molar-refractivity contribution in [3.63, 3.8) is 0 Å². The quantitative estimate of drug-likeness (QED) is 0.731. The molecule has 5 nitrogen and oxygen atoms in total. The van der Waals surface area contributed by atoms with Gasteiger partial charge in [0, 0.05) is 57.6 Å². The number of hydrogen-bond donors (Lipinski definition) is 0. The Labute approximate surface area is 167 Å². The SMILES string of the molecule is CC(C)[C@H]1CN(C(=O)CCCn2ccnc2)CCCN1Cc1ccc(F)cc1. The minimum atomic E-state index is -0.201. The fourth-order valence-corrected chi connectivity index (χ4v) is 3.93. The number of rotatable bonds is 7. The highest BCUT2D eigenvalue weighted by Gasteiger charge is 2.29. The van der Waals surface area contributed by atoms with E-state index in [4.69, 9.17) is 0 Å². The molecule has 0 saturated carbocycles. The number of aryl methyl sites for hydroxylation is 1. The number of hydrogen-bond acceptors (Lipinski definition) is 3. The Hall–Kier alpha value is -2.21. The third-order valence-electron chi connectivity index (χ3n) is 5.54. The van der Waals surface area contributed by atoms with E-state index in [9.17, 15) is 9.18 Å². The van der Waals surface area contributed by atoms with E-state index >= 15 is 0 Å². The number of aromatic nitrogens is 2. The molecule has 2 aromatic rings. The lowest BCUT2D eigenvalue weighted by Crippen LogP contribution is -2.45. The highest BCUT2D eigenvalue weighted by molar-refractivity contribution is 5.76. The fraction of sp³-hybridized carbons (Fsp3) is 0.545. The van der Waals surface area contributed by atoms with Gasteiger partial charge >= 0.3 is 0 Å². The number of carbonyl (C=O) groups is 1. The first-order chi connectivity index (χ1) is 13.5. The molecule has 0 N–H and O–H groups in total. The molecule has 0 aliphatic carbocycles. The van der Waals surface area contributed by atoms with Gasteiger partial charge in [-0.05, 0) is 36.5 Å². The van der Waals surface area contributed by atoms with Crippen LogP contribution in [0.2, 0.25) is 0 Å². The van der Waals surface area contributed by atoms with Gasteiger partial charge in [0.1, 0.15) is 5.82 Å². The van der Waals surface area contributed by atoms with Crippen LogP contribution in [0.1, 0.15) is 38.7 Å². The number of carbonyl (C=O) groups excluding carboxylic acids is 1. The van der Waals surface area contributed by atoms with Crippen molar-refractivity contribution >= 4 is 5.91 Å². The number of halogens is 1.